The van der Waals surface area contributed by atoms with Crippen LogP contribution in [-0.4, -0.2) is 28.3 Å². The van der Waals surface area contributed by atoms with Gasteiger partial charge in [0.1, 0.15) is 6.04 Å². The molecule has 1 aromatic carbocycles. The van der Waals surface area contributed by atoms with E-state index in [0.29, 0.717) is 11.3 Å². The molecule has 2 atom stereocenters. The Morgan fingerprint density at radius 2 is 1.60 bits per heavy atom. The first-order valence-corrected chi connectivity index (χ1v) is 7.72. The first-order valence-electron chi connectivity index (χ1n) is 7.72. The summed E-state index contributed by atoms with van der Waals surface area (Å²) in [5.41, 5.74) is -0.828. The molecule has 0 spiro atoms. The van der Waals surface area contributed by atoms with E-state index in [9.17, 15) is 19.2 Å². The maximum Gasteiger partial charge on any atom is 0.351 e. The summed E-state index contributed by atoms with van der Waals surface area (Å²) in [7, 11) is 2.78. The average Bonchev–Trinajstić information content (AvgIpc) is 2.98. The fraction of sp³-hybridized carbons (Fsp3) is 0.333. The zero-order valence-corrected chi connectivity index (χ0v) is 13.8. The molecule has 0 aliphatic carbocycles. The molecule has 1 aliphatic heterocycles. The van der Waals surface area contributed by atoms with Crippen molar-refractivity contribution in [2.45, 2.75) is 19.0 Å². The van der Waals surface area contributed by atoms with Crippen LogP contribution in [0.2, 0.25) is 0 Å². The number of para-hydroxylation sites is 1. The van der Waals surface area contributed by atoms with Gasteiger partial charge in [-0.3, -0.25) is 0 Å². The Bertz CT molecular complexity index is 1230. The predicted octanol–water partition coefficient (Wildman–Crippen LogP) is -1.31. The molecule has 10 heteroatoms. The van der Waals surface area contributed by atoms with Crippen LogP contribution in [0.5, 0.6) is 0 Å². The van der Waals surface area contributed by atoms with Crippen molar-refractivity contribution < 1.29 is 0 Å². The molecule has 10 nitrogen and oxygen atoms in total. The van der Waals surface area contributed by atoms with Gasteiger partial charge in [-0.2, -0.15) is 4.68 Å². The summed E-state index contributed by atoms with van der Waals surface area (Å²) in [6.07, 6.45) is 0. The molecule has 0 saturated carbocycles. The largest absolute Gasteiger partial charge is 0.351 e. The van der Waals surface area contributed by atoms with Crippen molar-refractivity contribution in [3.63, 3.8) is 0 Å². The number of aromatic nitrogens is 6. The highest BCUT2D eigenvalue weighted by Gasteiger charge is 2.36. The van der Waals surface area contributed by atoms with Gasteiger partial charge in [0, 0.05) is 19.7 Å². The number of nitrogens with zero attached hydrogens (tertiary/aromatic N) is 5. The van der Waals surface area contributed by atoms with Crippen molar-refractivity contribution in [2.75, 3.05) is 0 Å². The van der Waals surface area contributed by atoms with Crippen molar-refractivity contribution in [1.82, 2.24) is 28.3 Å². The predicted molar refractivity (Wildman–Crippen MR) is 88.4 cm³/mol. The first-order chi connectivity index (χ1) is 11.8. The quantitative estimate of drug-likeness (QED) is 0.591. The third-order valence-corrected chi connectivity index (χ3v) is 4.78. The Kier molecular flexibility index (Phi) is 2.96. The molecular weight excluding hydrogens is 328 g/mol. The van der Waals surface area contributed by atoms with Gasteiger partial charge in [-0.1, -0.05) is 18.2 Å². The van der Waals surface area contributed by atoms with Gasteiger partial charge in [-0.15, -0.1) is 0 Å². The number of fused-ring (bicyclic) bond motifs is 3. The van der Waals surface area contributed by atoms with Crippen molar-refractivity contribution in [3.8, 4) is 5.69 Å². The summed E-state index contributed by atoms with van der Waals surface area (Å²) >= 11 is 0. The second-order valence-electron chi connectivity index (χ2n) is 6.15. The molecule has 1 aliphatic rings. The lowest BCUT2D eigenvalue weighted by atomic mass is 9.97. The monoisotopic (exact) mass is 344 g/mol. The van der Waals surface area contributed by atoms with Crippen molar-refractivity contribution in [1.29, 1.82) is 0 Å². The molecule has 4 rings (SSSR count). The summed E-state index contributed by atoms with van der Waals surface area (Å²) in [4.78, 5) is 49.3. The van der Waals surface area contributed by atoms with E-state index in [2.05, 4.69) is 5.10 Å². The van der Waals surface area contributed by atoms with E-state index in [1.54, 1.807) is 31.2 Å². The van der Waals surface area contributed by atoms with E-state index in [4.69, 9.17) is 0 Å². The molecule has 0 bridgehead atoms. The van der Waals surface area contributed by atoms with Crippen LogP contribution in [0.25, 0.3) is 5.69 Å². The zero-order valence-electron chi connectivity index (χ0n) is 13.8. The van der Waals surface area contributed by atoms with Gasteiger partial charge in [0.25, 0.3) is 0 Å². The van der Waals surface area contributed by atoms with Crippen LogP contribution >= 0.6 is 0 Å². The number of hydrogen-bond donors (Lipinski definition) is 1. The molecule has 1 N–H and O–H groups in total. The normalized spacial score (nSPS) is 18.8. The second-order valence-corrected chi connectivity index (χ2v) is 6.15. The van der Waals surface area contributed by atoms with Gasteiger partial charge >= 0.3 is 22.8 Å². The molecule has 0 amide bonds. The van der Waals surface area contributed by atoms with Gasteiger partial charge in [-0.25, -0.2) is 42.8 Å². The van der Waals surface area contributed by atoms with Crippen LogP contribution in [0.1, 0.15) is 24.6 Å². The van der Waals surface area contributed by atoms with Crippen molar-refractivity contribution in [2.24, 2.45) is 14.1 Å². The second kappa shape index (κ2) is 4.85. The van der Waals surface area contributed by atoms with E-state index >= 15 is 0 Å². The zero-order chi connectivity index (χ0) is 18.0. The minimum absolute atomic E-state index is 0.461. The van der Waals surface area contributed by atoms with E-state index in [1.165, 1.54) is 28.1 Å². The smallest absolute Gasteiger partial charge is 0.246 e. The molecule has 2 aromatic heterocycles. The number of nitrogens with one attached hydrogen (secondary N) is 1. The Labute approximate surface area is 139 Å². The number of aromatic amines is 1. The van der Waals surface area contributed by atoms with Crippen LogP contribution in [0, 0.1) is 0 Å². The highest BCUT2D eigenvalue weighted by Crippen LogP contribution is 2.35. The van der Waals surface area contributed by atoms with Crippen molar-refractivity contribution >= 4 is 0 Å². The van der Waals surface area contributed by atoms with E-state index < -0.39 is 34.8 Å². The Balaban J connectivity index is 2.13. The van der Waals surface area contributed by atoms with Gasteiger partial charge in [-0.05, 0) is 13.0 Å². The molecule has 0 saturated heterocycles. The maximum absolute atomic E-state index is 12.5. The summed E-state index contributed by atoms with van der Waals surface area (Å²) in [5.74, 6) is 0. The SMILES string of the molecule is C[C@H]1[C@@H](n2[nH]c(=O)n(C)c2=O)c2ccccc2-n2c(=O)n(C)c(=O)n21. The fourth-order valence-electron chi connectivity index (χ4n) is 3.47. The molecule has 130 valence electrons. The van der Waals surface area contributed by atoms with Gasteiger partial charge in [0.15, 0.2) is 0 Å². The van der Waals surface area contributed by atoms with Crippen LogP contribution in [0.3, 0.4) is 0 Å². The lowest BCUT2D eigenvalue weighted by Crippen LogP contribution is -2.41. The molecular formula is C15H16N6O4. The highest BCUT2D eigenvalue weighted by molar-refractivity contribution is 5.44. The van der Waals surface area contributed by atoms with Gasteiger partial charge in [0.05, 0.1) is 11.7 Å². The summed E-state index contributed by atoms with van der Waals surface area (Å²) in [6, 6.07) is 5.83. The Hall–Kier alpha value is -3.30. The Morgan fingerprint density at radius 3 is 2.24 bits per heavy atom. The number of H-pyrrole nitrogens is 1. The third-order valence-electron chi connectivity index (χ3n) is 4.78. The standard InChI is InChI=1S/C15H16N6O4/c1-8-11(19-13(23)17(2)12(22)16-19)9-6-4-5-7-10(9)21-15(25)18(3)14(24)20(8)21/h4-8,11H,1-3H3,(H,16,22)/t8-,11+/m0/s1. The minimum atomic E-state index is -0.628. The van der Waals surface area contributed by atoms with Crippen molar-refractivity contribution in [3.05, 3.63) is 71.8 Å². The molecule has 0 fully saturated rings. The topological polar surface area (TPSA) is 109 Å². The lowest BCUT2D eigenvalue weighted by Gasteiger charge is -2.32. The summed E-state index contributed by atoms with van der Waals surface area (Å²) in [5, 5.41) is 2.53. The van der Waals surface area contributed by atoms with E-state index in [-0.39, 0.29) is 0 Å². The summed E-state index contributed by atoms with van der Waals surface area (Å²) < 4.78 is 5.81. The lowest BCUT2D eigenvalue weighted by molar-refractivity contribution is 0.292. The van der Waals surface area contributed by atoms with E-state index in [1.807, 2.05) is 0 Å². The molecule has 3 aromatic rings. The molecule has 0 unspecified atom stereocenters. The van der Waals surface area contributed by atoms with Crippen LogP contribution in [0.15, 0.2) is 43.4 Å². The third kappa shape index (κ3) is 1.78. The van der Waals surface area contributed by atoms with Gasteiger partial charge in [0.2, 0.25) is 0 Å². The fourth-order valence-corrected chi connectivity index (χ4v) is 3.47. The number of hydrogen-bond acceptors (Lipinski definition) is 4. The molecule has 25 heavy (non-hydrogen) atoms. The number of rotatable bonds is 1. The Morgan fingerprint density at radius 1 is 0.920 bits per heavy atom. The average molecular weight is 344 g/mol. The van der Waals surface area contributed by atoms with Crippen LogP contribution in [-0.2, 0) is 14.1 Å². The highest BCUT2D eigenvalue weighted by atomic mass is 16.2. The van der Waals surface area contributed by atoms with Gasteiger partial charge < -0.3 is 0 Å². The summed E-state index contributed by atoms with van der Waals surface area (Å²) in [6.45, 7) is 1.73. The molecule has 0 radical (unpaired) electrons. The van der Waals surface area contributed by atoms with E-state index in [0.717, 1.165) is 9.13 Å². The number of benzene rings is 1. The van der Waals surface area contributed by atoms with Crippen LogP contribution in [0.4, 0.5) is 0 Å². The molecule has 3 heterocycles. The first kappa shape index (κ1) is 15.2. The van der Waals surface area contributed by atoms with Crippen LogP contribution < -0.4 is 22.8 Å². The maximum atomic E-state index is 12.5. The minimum Gasteiger partial charge on any atom is -0.246 e.